The molecule has 0 radical (unpaired) electrons. The Kier molecular flexibility index (Phi) is 4.65. The first-order valence-electron chi connectivity index (χ1n) is 8.22. The van der Waals surface area contributed by atoms with E-state index < -0.39 is 17.5 Å². The second-order valence-corrected chi connectivity index (χ2v) is 6.81. The summed E-state index contributed by atoms with van der Waals surface area (Å²) in [5.41, 5.74) is -0.878. The first kappa shape index (κ1) is 16.7. The minimum absolute atomic E-state index is 0.316. The summed E-state index contributed by atoms with van der Waals surface area (Å²) in [5, 5.41) is 11.7. The molecular formula is C18H26O5. The SMILES string of the molecule is COCCCC1(O)c2ccccc2OC(C)(C)C1C1OCCO1. The number of hydrogen-bond donors (Lipinski definition) is 1. The molecule has 2 unspecified atom stereocenters. The lowest BCUT2D eigenvalue weighted by atomic mass is 9.68. The molecule has 2 aliphatic heterocycles. The van der Waals surface area contributed by atoms with Gasteiger partial charge >= 0.3 is 0 Å². The molecule has 0 amide bonds. The minimum Gasteiger partial charge on any atom is -0.487 e. The molecule has 5 heteroatoms. The van der Waals surface area contributed by atoms with Crippen molar-refractivity contribution in [1.29, 1.82) is 0 Å². The van der Waals surface area contributed by atoms with Crippen LogP contribution in [-0.2, 0) is 19.8 Å². The Hall–Kier alpha value is -1.14. The highest BCUT2D eigenvalue weighted by Crippen LogP contribution is 2.52. The first-order valence-corrected chi connectivity index (χ1v) is 8.22. The summed E-state index contributed by atoms with van der Waals surface area (Å²) in [7, 11) is 1.67. The normalized spacial score (nSPS) is 30.0. The number of rotatable bonds is 5. The van der Waals surface area contributed by atoms with Crippen LogP contribution in [0.3, 0.4) is 0 Å². The van der Waals surface area contributed by atoms with Crippen LogP contribution in [0.5, 0.6) is 5.75 Å². The average molecular weight is 322 g/mol. The van der Waals surface area contributed by atoms with Gasteiger partial charge in [0, 0.05) is 19.3 Å². The second kappa shape index (κ2) is 6.40. The van der Waals surface area contributed by atoms with Gasteiger partial charge < -0.3 is 24.1 Å². The lowest BCUT2D eigenvalue weighted by Crippen LogP contribution is -2.58. The molecule has 23 heavy (non-hydrogen) atoms. The fourth-order valence-corrected chi connectivity index (χ4v) is 3.90. The standard InChI is InChI=1S/C18H26O5/c1-17(2)15(16-21-11-12-22-16)18(19,9-6-10-20-3)13-7-4-5-8-14(13)23-17/h4-5,7-8,15-16,19H,6,9-12H2,1-3H3. The lowest BCUT2D eigenvalue weighted by molar-refractivity contribution is -0.224. The second-order valence-electron chi connectivity index (χ2n) is 6.81. The van der Waals surface area contributed by atoms with Crippen molar-refractivity contribution in [2.75, 3.05) is 26.9 Å². The zero-order valence-corrected chi connectivity index (χ0v) is 14.1. The summed E-state index contributed by atoms with van der Waals surface area (Å²) >= 11 is 0. The number of hydrogen-bond acceptors (Lipinski definition) is 5. The maximum absolute atomic E-state index is 11.7. The summed E-state index contributed by atoms with van der Waals surface area (Å²) in [6, 6.07) is 7.69. The van der Waals surface area contributed by atoms with Crippen LogP contribution in [0.25, 0.3) is 0 Å². The van der Waals surface area contributed by atoms with Gasteiger partial charge in [-0.05, 0) is 32.8 Å². The molecule has 5 nitrogen and oxygen atoms in total. The number of para-hydroxylation sites is 1. The van der Waals surface area contributed by atoms with Gasteiger partial charge in [-0.2, -0.15) is 0 Å². The van der Waals surface area contributed by atoms with E-state index in [1.54, 1.807) is 7.11 Å². The Bertz CT molecular complexity index is 538. The maximum Gasteiger partial charge on any atom is 0.167 e. The topological polar surface area (TPSA) is 57.2 Å². The van der Waals surface area contributed by atoms with Gasteiger partial charge in [-0.1, -0.05) is 18.2 Å². The summed E-state index contributed by atoms with van der Waals surface area (Å²) < 4.78 is 22.9. The van der Waals surface area contributed by atoms with E-state index in [1.165, 1.54) is 0 Å². The fraction of sp³-hybridized carbons (Fsp3) is 0.667. The van der Waals surface area contributed by atoms with E-state index in [0.717, 1.165) is 17.7 Å². The van der Waals surface area contributed by atoms with E-state index in [2.05, 4.69) is 0 Å². The van der Waals surface area contributed by atoms with Gasteiger partial charge in [-0.3, -0.25) is 0 Å². The summed E-state index contributed by atoms with van der Waals surface area (Å²) in [6.45, 7) is 5.67. The summed E-state index contributed by atoms with van der Waals surface area (Å²) in [5.74, 6) is 0.413. The van der Waals surface area contributed by atoms with Crippen LogP contribution < -0.4 is 4.74 Å². The van der Waals surface area contributed by atoms with Crippen LogP contribution in [0.4, 0.5) is 0 Å². The molecule has 0 spiro atoms. The fourth-order valence-electron chi connectivity index (χ4n) is 3.90. The van der Waals surface area contributed by atoms with E-state index in [4.69, 9.17) is 18.9 Å². The van der Waals surface area contributed by atoms with E-state index in [1.807, 2.05) is 38.1 Å². The molecule has 0 aliphatic carbocycles. The molecule has 1 aromatic rings. The van der Waals surface area contributed by atoms with Crippen LogP contribution in [0.15, 0.2) is 24.3 Å². The predicted molar refractivity (Wildman–Crippen MR) is 85.3 cm³/mol. The first-order chi connectivity index (χ1) is 11.0. The van der Waals surface area contributed by atoms with Crippen LogP contribution in [0.1, 0.15) is 32.3 Å². The Morgan fingerprint density at radius 2 is 1.91 bits per heavy atom. The zero-order valence-electron chi connectivity index (χ0n) is 14.1. The molecule has 1 fully saturated rings. The summed E-state index contributed by atoms with van der Waals surface area (Å²) in [4.78, 5) is 0. The molecule has 0 aromatic heterocycles. The number of fused-ring (bicyclic) bond motifs is 1. The third kappa shape index (κ3) is 2.98. The number of benzene rings is 1. The highest BCUT2D eigenvalue weighted by atomic mass is 16.7. The van der Waals surface area contributed by atoms with Crippen molar-refractivity contribution in [2.24, 2.45) is 5.92 Å². The smallest absolute Gasteiger partial charge is 0.167 e. The molecule has 2 aliphatic rings. The van der Waals surface area contributed by atoms with Crippen molar-refractivity contribution in [3.63, 3.8) is 0 Å². The Labute approximate surface area is 137 Å². The van der Waals surface area contributed by atoms with Gasteiger partial charge in [0.2, 0.25) is 0 Å². The Morgan fingerprint density at radius 3 is 2.61 bits per heavy atom. The van der Waals surface area contributed by atoms with Gasteiger partial charge in [0.15, 0.2) is 6.29 Å². The molecule has 2 heterocycles. The average Bonchev–Trinajstić information content (AvgIpc) is 3.00. The lowest BCUT2D eigenvalue weighted by Gasteiger charge is -2.51. The van der Waals surface area contributed by atoms with Gasteiger partial charge in [0.25, 0.3) is 0 Å². The Balaban J connectivity index is 2.02. The third-order valence-electron chi connectivity index (χ3n) is 4.82. The molecule has 1 aromatic carbocycles. The maximum atomic E-state index is 11.7. The molecule has 1 saturated heterocycles. The van der Waals surface area contributed by atoms with Gasteiger partial charge in [-0.25, -0.2) is 0 Å². The van der Waals surface area contributed by atoms with Crippen LogP contribution in [0.2, 0.25) is 0 Å². The third-order valence-corrected chi connectivity index (χ3v) is 4.82. The monoisotopic (exact) mass is 322 g/mol. The number of methoxy groups -OCH3 is 1. The van der Waals surface area contributed by atoms with Crippen LogP contribution in [0, 0.1) is 5.92 Å². The van der Waals surface area contributed by atoms with Crippen LogP contribution >= 0.6 is 0 Å². The van der Waals surface area contributed by atoms with E-state index in [-0.39, 0.29) is 5.92 Å². The number of aliphatic hydroxyl groups is 1. The highest BCUT2D eigenvalue weighted by molar-refractivity contribution is 5.42. The largest absolute Gasteiger partial charge is 0.487 e. The van der Waals surface area contributed by atoms with Crippen molar-refractivity contribution >= 4 is 0 Å². The molecule has 128 valence electrons. The molecule has 3 rings (SSSR count). The van der Waals surface area contributed by atoms with E-state index >= 15 is 0 Å². The number of ether oxygens (including phenoxy) is 4. The molecule has 0 bridgehead atoms. The van der Waals surface area contributed by atoms with Crippen LogP contribution in [-0.4, -0.2) is 43.9 Å². The van der Waals surface area contributed by atoms with Crippen molar-refractivity contribution in [1.82, 2.24) is 0 Å². The molecule has 1 N–H and O–H groups in total. The van der Waals surface area contributed by atoms with Gasteiger partial charge in [-0.15, -0.1) is 0 Å². The van der Waals surface area contributed by atoms with E-state index in [0.29, 0.717) is 26.2 Å². The molecule has 2 atom stereocenters. The minimum atomic E-state index is -1.08. The van der Waals surface area contributed by atoms with Crippen molar-refractivity contribution in [3.8, 4) is 5.75 Å². The predicted octanol–water partition coefficient (Wildman–Crippen LogP) is 2.46. The van der Waals surface area contributed by atoms with Gasteiger partial charge in [0.1, 0.15) is 17.0 Å². The van der Waals surface area contributed by atoms with Crippen molar-refractivity contribution in [3.05, 3.63) is 29.8 Å². The van der Waals surface area contributed by atoms with Crippen molar-refractivity contribution in [2.45, 2.75) is 44.2 Å². The summed E-state index contributed by atoms with van der Waals surface area (Å²) in [6.07, 6.45) is 0.852. The highest BCUT2D eigenvalue weighted by Gasteiger charge is 2.57. The Morgan fingerprint density at radius 1 is 1.22 bits per heavy atom. The van der Waals surface area contributed by atoms with Gasteiger partial charge in [0.05, 0.1) is 19.1 Å². The zero-order chi connectivity index (χ0) is 16.5. The molecular weight excluding hydrogens is 296 g/mol. The molecule has 0 saturated carbocycles. The van der Waals surface area contributed by atoms with E-state index in [9.17, 15) is 5.11 Å². The van der Waals surface area contributed by atoms with Crippen molar-refractivity contribution < 1.29 is 24.1 Å². The quantitative estimate of drug-likeness (QED) is 0.844.